The van der Waals surface area contributed by atoms with Gasteiger partial charge in [0.25, 0.3) is 5.91 Å². The number of esters is 1. The van der Waals surface area contributed by atoms with Crippen LogP contribution < -0.4 is 5.32 Å². The molecule has 0 aliphatic heterocycles. The molecule has 6 heteroatoms. The number of hydrogen-bond acceptors (Lipinski definition) is 5. The van der Waals surface area contributed by atoms with Crippen molar-refractivity contribution < 1.29 is 14.3 Å². The first-order valence-electron chi connectivity index (χ1n) is 4.58. The SMILES string of the molecule is COC(=O)[C@H](CS)NC(=O)c1cccnc1. The van der Waals surface area contributed by atoms with Crippen LogP contribution in [0.4, 0.5) is 0 Å². The van der Waals surface area contributed by atoms with Crippen molar-refractivity contribution in [2.45, 2.75) is 6.04 Å². The van der Waals surface area contributed by atoms with Gasteiger partial charge in [-0.2, -0.15) is 12.6 Å². The molecule has 1 aromatic heterocycles. The Balaban J connectivity index is 2.66. The molecule has 1 heterocycles. The zero-order valence-electron chi connectivity index (χ0n) is 8.71. The van der Waals surface area contributed by atoms with E-state index >= 15 is 0 Å². The number of rotatable bonds is 4. The van der Waals surface area contributed by atoms with Crippen LogP contribution in [-0.2, 0) is 9.53 Å². The van der Waals surface area contributed by atoms with Crippen LogP contribution in [0.2, 0.25) is 0 Å². The fraction of sp³-hybridized carbons (Fsp3) is 0.300. The number of carbonyl (C=O) groups excluding carboxylic acids is 2. The summed E-state index contributed by atoms with van der Waals surface area (Å²) in [6.07, 6.45) is 2.98. The highest BCUT2D eigenvalue weighted by molar-refractivity contribution is 7.80. The number of thiol groups is 1. The highest BCUT2D eigenvalue weighted by Gasteiger charge is 2.20. The third-order valence-electron chi connectivity index (χ3n) is 1.90. The summed E-state index contributed by atoms with van der Waals surface area (Å²) in [6.45, 7) is 0. The second-order valence-corrected chi connectivity index (χ2v) is 3.34. The first-order valence-corrected chi connectivity index (χ1v) is 5.22. The molecule has 1 atom stereocenters. The van der Waals surface area contributed by atoms with Crippen molar-refractivity contribution in [2.75, 3.05) is 12.9 Å². The normalized spacial score (nSPS) is 11.6. The lowest BCUT2D eigenvalue weighted by molar-refractivity contribution is -0.142. The van der Waals surface area contributed by atoms with Gasteiger partial charge in [-0.25, -0.2) is 4.79 Å². The van der Waals surface area contributed by atoms with Crippen LogP contribution >= 0.6 is 12.6 Å². The number of amides is 1. The predicted octanol–water partition coefficient (Wildman–Crippen LogP) is 0.283. The minimum absolute atomic E-state index is 0.179. The van der Waals surface area contributed by atoms with E-state index in [2.05, 4.69) is 27.7 Å². The summed E-state index contributed by atoms with van der Waals surface area (Å²) in [5.74, 6) is -0.719. The van der Waals surface area contributed by atoms with Crippen LogP contribution in [0.1, 0.15) is 10.4 Å². The topological polar surface area (TPSA) is 68.3 Å². The van der Waals surface area contributed by atoms with Gasteiger partial charge < -0.3 is 10.1 Å². The van der Waals surface area contributed by atoms with Gasteiger partial charge in [0.1, 0.15) is 6.04 Å². The standard InChI is InChI=1S/C10H12N2O3S/c1-15-10(14)8(6-16)12-9(13)7-3-2-4-11-5-7/h2-5,8,16H,6H2,1H3,(H,12,13)/t8-/m0/s1. The van der Waals surface area contributed by atoms with Crippen LogP contribution in [-0.4, -0.2) is 35.8 Å². The van der Waals surface area contributed by atoms with E-state index in [4.69, 9.17) is 0 Å². The van der Waals surface area contributed by atoms with Crippen molar-refractivity contribution in [1.29, 1.82) is 0 Å². The summed E-state index contributed by atoms with van der Waals surface area (Å²) >= 11 is 3.96. The maximum atomic E-state index is 11.6. The second-order valence-electron chi connectivity index (χ2n) is 2.97. The molecule has 0 aliphatic rings. The van der Waals surface area contributed by atoms with E-state index in [9.17, 15) is 9.59 Å². The van der Waals surface area contributed by atoms with E-state index in [-0.39, 0.29) is 11.7 Å². The quantitative estimate of drug-likeness (QED) is 0.586. The summed E-state index contributed by atoms with van der Waals surface area (Å²) < 4.78 is 4.52. The number of aromatic nitrogens is 1. The summed E-state index contributed by atoms with van der Waals surface area (Å²) in [4.78, 5) is 26.7. The van der Waals surface area contributed by atoms with Gasteiger partial charge in [-0.05, 0) is 12.1 Å². The summed E-state index contributed by atoms with van der Waals surface area (Å²) in [6, 6.07) is 2.50. The fourth-order valence-corrected chi connectivity index (χ4v) is 1.30. The monoisotopic (exact) mass is 240 g/mol. The van der Waals surface area contributed by atoms with Crippen molar-refractivity contribution in [3.8, 4) is 0 Å². The Morgan fingerprint density at radius 2 is 2.38 bits per heavy atom. The maximum absolute atomic E-state index is 11.6. The average molecular weight is 240 g/mol. The average Bonchev–Trinajstić information content (AvgIpc) is 2.35. The molecule has 0 saturated heterocycles. The molecule has 86 valence electrons. The van der Waals surface area contributed by atoms with Gasteiger partial charge in [-0.15, -0.1) is 0 Å². The molecule has 1 N–H and O–H groups in total. The molecule has 0 aromatic carbocycles. The Bertz CT molecular complexity index is 370. The molecule has 5 nitrogen and oxygen atoms in total. The summed E-state index contributed by atoms with van der Waals surface area (Å²) in [5, 5.41) is 2.50. The zero-order chi connectivity index (χ0) is 12.0. The molecule has 0 unspecified atom stereocenters. The lowest BCUT2D eigenvalue weighted by Crippen LogP contribution is -2.42. The smallest absolute Gasteiger partial charge is 0.329 e. The fourth-order valence-electron chi connectivity index (χ4n) is 1.06. The first-order chi connectivity index (χ1) is 7.69. The number of nitrogens with one attached hydrogen (secondary N) is 1. The number of methoxy groups -OCH3 is 1. The first kappa shape index (κ1) is 12.5. The van der Waals surface area contributed by atoms with Crippen LogP contribution in [0, 0.1) is 0 Å². The molecule has 0 spiro atoms. The van der Waals surface area contributed by atoms with Gasteiger partial charge in [-0.1, -0.05) is 0 Å². The number of nitrogens with zero attached hydrogens (tertiary/aromatic N) is 1. The zero-order valence-corrected chi connectivity index (χ0v) is 9.61. The van der Waals surface area contributed by atoms with Crippen LogP contribution in [0.15, 0.2) is 24.5 Å². The molecular formula is C10H12N2O3S. The molecule has 0 aliphatic carbocycles. The van der Waals surface area contributed by atoms with Crippen LogP contribution in [0.5, 0.6) is 0 Å². The van der Waals surface area contributed by atoms with E-state index in [1.54, 1.807) is 18.3 Å². The maximum Gasteiger partial charge on any atom is 0.329 e. The molecule has 0 fully saturated rings. The third-order valence-corrected chi connectivity index (χ3v) is 2.26. The largest absolute Gasteiger partial charge is 0.467 e. The molecule has 0 radical (unpaired) electrons. The molecular weight excluding hydrogens is 228 g/mol. The molecule has 1 aromatic rings. The van der Waals surface area contributed by atoms with E-state index < -0.39 is 12.0 Å². The minimum atomic E-state index is -0.749. The summed E-state index contributed by atoms with van der Waals surface area (Å²) in [5.41, 5.74) is 0.387. The van der Waals surface area contributed by atoms with Crippen LogP contribution in [0.3, 0.4) is 0 Å². The van der Waals surface area contributed by atoms with E-state index in [1.807, 2.05) is 0 Å². The Hall–Kier alpha value is -1.56. The lowest BCUT2D eigenvalue weighted by atomic mass is 10.2. The highest BCUT2D eigenvalue weighted by atomic mass is 32.1. The summed E-state index contributed by atoms with van der Waals surface area (Å²) in [7, 11) is 1.26. The third kappa shape index (κ3) is 3.23. The predicted molar refractivity (Wildman–Crippen MR) is 61.4 cm³/mol. The lowest BCUT2D eigenvalue weighted by Gasteiger charge is -2.13. The van der Waals surface area contributed by atoms with Gasteiger partial charge in [0.05, 0.1) is 12.7 Å². The van der Waals surface area contributed by atoms with E-state index in [1.165, 1.54) is 13.3 Å². The van der Waals surface area contributed by atoms with E-state index in [0.717, 1.165) is 0 Å². The number of hydrogen-bond donors (Lipinski definition) is 2. The van der Waals surface area contributed by atoms with Crippen molar-refractivity contribution in [2.24, 2.45) is 0 Å². The van der Waals surface area contributed by atoms with Crippen molar-refractivity contribution in [1.82, 2.24) is 10.3 Å². The highest BCUT2D eigenvalue weighted by Crippen LogP contribution is 1.98. The van der Waals surface area contributed by atoms with Gasteiger partial charge in [-0.3, -0.25) is 9.78 Å². The number of carbonyl (C=O) groups is 2. The molecule has 1 amide bonds. The Labute approximate surface area is 98.6 Å². The number of ether oxygens (including phenoxy) is 1. The van der Waals surface area contributed by atoms with Gasteiger partial charge >= 0.3 is 5.97 Å². The van der Waals surface area contributed by atoms with E-state index in [0.29, 0.717) is 5.56 Å². The van der Waals surface area contributed by atoms with Crippen molar-refractivity contribution in [3.05, 3.63) is 30.1 Å². The molecule has 1 rings (SSSR count). The molecule has 0 bridgehead atoms. The number of pyridine rings is 1. The van der Waals surface area contributed by atoms with Crippen molar-refractivity contribution >= 4 is 24.5 Å². The Morgan fingerprint density at radius 1 is 1.62 bits per heavy atom. The second kappa shape index (κ2) is 6.12. The Morgan fingerprint density at radius 3 is 2.88 bits per heavy atom. The van der Waals surface area contributed by atoms with Crippen molar-refractivity contribution in [3.63, 3.8) is 0 Å². The van der Waals surface area contributed by atoms with Gasteiger partial charge in [0.15, 0.2) is 0 Å². The molecule has 16 heavy (non-hydrogen) atoms. The Kier molecular flexibility index (Phi) is 4.78. The molecule has 0 saturated carbocycles. The minimum Gasteiger partial charge on any atom is -0.467 e. The van der Waals surface area contributed by atoms with Gasteiger partial charge in [0.2, 0.25) is 0 Å². The van der Waals surface area contributed by atoms with Crippen LogP contribution in [0.25, 0.3) is 0 Å². The van der Waals surface area contributed by atoms with Gasteiger partial charge in [0, 0.05) is 18.1 Å².